The fourth-order valence-corrected chi connectivity index (χ4v) is 4.39. The Morgan fingerprint density at radius 1 is 1.11 bits per heavy atom. The van der Waals surface area contributed by atoms with Gasteiger partial charge in [-0.05, 0) is 26.7 Å². The van der Waals surface area contributed by atoms with Gasteiger partial charge in [-0.1, -0.05) is 0 Å². The fraction of sp³-hybridized carbons (Fsp3) is 0.895. The lowest BCUT2D eigenvalue weighted by atomic mass is 10.0. The fourth-order valence-electron chi connectivity index (χ4n) is 4.39. The number of nitrogens with zero attached hydrogens (tertiary/aromatic N) is 4. The summed E-state index contributed by atoms with van der Waals surface area (Å²) in [5, 5.41) is 8.79. The van der Waals surface area contributed by atoms with Crippen LogP contribution in [0.25, 0.3) is 0 Å². The van der Waals surface area contributed by atoms with Gasteiger partial charge in [-0.2, -0.15) is 0 Å². The van der Waals surface area contributed by atoms with Crippen LogP contribution >= 0.6 is 0 Å². The number of hydrogen-bond donors (Lipinski definition) is 1. The van der Waals surface area contributed by atoms with Gasteiger partial charge in [0.15, 0.2) is 0 Å². The van der Waals surface area contributed by atoms with Crippen LogP contribution in [0.4, 0.5) is 4.79 Å². The molecule has 0 radical (unpaired) electrons. The third-order valence-electron chi connectivity index (χ3n) is 6.14. The molecule has 3 aliphatic heterocycles. The van der Waals surface area contributed by atoms with Crippen molar-refractivity contribution in [2.45, 2.75) is 51.3 Å². The maximum Gasteiger partial charge on any atom is 0.410 e. The highest BCUT2D eigenvalue weighted by molar-refractivity contribution is 5.70. The number of aliphatic carboxylic acids is 1. The Morgan fingerprint density at radius 2 is 1.74 bits per heavy atom. The minimum absolute atomic E-state index is 0.0498. The van der Waals surface area contributed by atoms with Gasteiger partial charge in [-0.25, -0.2) is 4.79 Å². The number of likely N-dealkylation sites (tertiary alicyclic amines) is 1. The average Bonchev–Trinajstić information content (AvgIpc) is 3.01. The zero-order valence-electron chi connectivity index (χ0n) is 16.7. The molecular formula is C19H34N4O4. The lowest BCUT2D eigenvalue weighted by molar-refractivity contribution is -0.137. The van der Waals surface area contributed by atoms with Crippen LogP contribution in [-0.2, 0) is 9.53 Å². The molecule has 27 heavy (non-hydrogen) atoms. The van der Waals surface area contributed by atoms with Crippen molar-refractivity contribution in [1.29, 1.82) is 0 Å². The van der Waals surface area contributed by atoms with E-state index in [-0.39, 0.29) is 18.6 Å². The lowest BCUT2D eigenvalue weighted by Gasteiger charge is -2.37. The molecule has 3 fully saturated rings. The van der Waals surface area contributed by atoms with Crippen molar-refractivity contribution < 1.29 is 19.4 Å². The Labute approximate surface area is 162 Å². The van der Waals surface area contributed by atoms with Crippen LogP contribution in [0.2, 0.25) is 0 Å². The second-order valence-corrected chi connectivity index (χ2v) is 8.31. The normalized spacial score (nSPS) is 26.7. The maximum atomic E-state index is 12.3. The van der Waals surface area contributed by atoms with Gasteiger partial charge in [-0.15, -0.1) is 0 Å². The zero-order valence-corrected chi connectivity index (χ0v) is 16.7. The smallest absolute Gasteiger partial charge is 0.410 e. The molecule has 3 saturated heterocycles. The Morgan fingerprint density at radius 3 is 2.33 bits per heavy atom. The van der Waals surface area contributed by atoms with Crippen LogP contribution in [0, 0.1) is 0 Å². The molecule has 3 rings (SSSR count). The molecule has 1 amide bonds. The summed E-state index contributed by atoms with van der Waals surface area (Å²) in [6.07, 6.45) is 2.06. The predicted molar refractivity (Wildman–Crippen MR) is 102 cm³/mol. The number of rotatable bonds is 7. The molecule has 0 spiro atoms. The molecule has 0 aromatic carbocycles. The largest absolute Gasteiger partial charge is 0.481 e. The first-order chi connectivity index (χ1) is 12.9. The standard InChI is InChI=1S/C19H34N4O4/c1-15(2)22-7-3-16(4-8-22)23-14-17(27-19(23)26)13-21-11-9-20(10-12-21)6-5-18(24)25/h15-17H,3-14H2,1-2H3,(H,24,25). The number of carbonyl (C=O) groups excluding carboxylic acids is 1. The Hall–Kier alpha value is -1.38. The Balaban J connectivity index is 1.39. The monoisotopic (exact) mass is 382 g/mol. The Kier molecular flexibility index (Phi) is 6.94. The first-order valence-electron chi connectivity index (χ1n) is 10.3. The van der Waals surface area contributed by atoms with Gasteiger partial charge in [0, 0.05) is 64.4 Å². The molecule has 0 aliphatic carbocycles. The number of carbonyl (C=O) groups is 2. The van der Waals surface area contributed by atoms with Crippen molar-refractivity contribution in [3.8, 4) is 0 Å². The van der Waals surface area contributed by atoms with Gasteiger partial charge in [0.1, 0.15) is 6.10 Å². The van der Waals surface area contributed by atoms with E-state index in [9.17, 15) is 9.59 Å². The molecule has 8 heteroatoms. The number of cyclic esters (lactones) is 1. The molecule has 8 nitrogen and oxygen atoms in total. The van der Waals surface area contributed by atoms with Crippen molar-refractivity contribution in [3.63, 3.8) is 0 Å². The summed E-state index contributed by atoms with van der Waals surface area (Å²) >= 11 is 0. The summed E-state index contributed by atoms with van der Waals surface area (Å²) in [4.78, 5) is 32.0. The van der Waals surface area contributed by atoms with E-state index in [1.54, 1.807) is 0 Å². The topological polar surface area (TPSA) is 76.6 Å². The molecule has 0 aromatic heterocycles. The van der Waals surface area contributed by atoms with E-state index in [4.69, 9.17) is 9.84 Å². The third kappa shape index (κ3) is 5.56. The minimum Gasteiger partial charge on any atom is -0.481 e. The number of carboxylic acid groups (broad SMARTS) is 1. The molecule has 0 saturated carbocycles. The molecule has 1 atom stereocenters. The van der Waals surface area contributed by atoms with E-state index >= 15 is 0 Å². The first kappa shape index (κ1) is 20.4. The van der Waals surface area contributed by atoms with Gasteiger partial charge < -0.3 is 24.5 Å². The van der Waals surface area contributed by atoms with Crippen LogP contribution in [0.5, 0.6) is 0 Å². The van der Waals surface area contributed by atoms with Gasteiger partial charge in [0.25, 0.3) is 0 Å². The number of hydrogen-bond acceptors (Lipinski definition) is 6. The van der Waals surface area contributed by atoms with Crippen molar-refractivity contribution in [3.05, 3.63) is 0 Å². The highest BCUT2D eigenvalue weighted by atomic mass is 16.6. The van der Waals surface area contributed by atoms with E-state index in [0.717, 1.165) is 58.7 Å². The summed E-state index contributed by atoms with van der Waals surface area (Å²) in [7, 11) is 0. The summed E-state index contributed by atoms with van der Waals surface area (Å²) in [5.74, 6) is -0.741. The first-order valence-corrected chi connectivity index (χ1v) is 10.3. The molecular weight excluding hydrogens is 348 g/mol. The molecule has 154 valence electrons. The van der Waals surface area contributed by atoms with Gasteiger partial charge in [0.2, 0.25) is 0 Å². The van der Waals surface area contributed by atoms with E-state index < -0.39 is 5.97 Å². The number of amides is 1. The molecule has 0 aromatic rings. The van der Waals surface area contributed by atoms with Gasteiger partial charge in [0.05, 0.1) is 13.0 Å². The molecule has 1 unspecified atom stereocenters. The quantitative estimate of drug-likeness (QED) is 0.697. The van der Waals surface area contributed by atoms with E-state index in [2.05, 4.69) is 28.5 Å². The summed E-state index contributed by atoms with van der Waals surface area (Å²) in [6.45, 7) is 12.2. The second kappa shape index (κ2) is 9.21. The number of ether oxygens (including phenoxy) is 1. The molecule has 3 heterocycles. The van der Waals surface area contributed by atoms with Crippen LogP contribution in [-0.4, -0.2) is 114 Å². The van der Waals surface area contributed by atoms with Crippen molar-refractivity contribution in [2.75, 3.05) is 58.9 Å². The van der Waals surface area contributed by atoms with Gasteiger partial charge >= 0.3 is 12.1 Å². The van der Waals surface area contributed by atoms with E-state index in [1.807, 2.05) is 4.90 Å². The van der Waals surface area contributed by atoms with E-state index in [0.29, 0.717) is 25.2 Å². The average molecular weight is 383 g/mol. The van der Waals surface area contributed by atoms with Crippen LogP contribution in [0.3, 0.4) is 0 Å². The summed E-state index contributed by atoms with van der Waals surface area (Å²) in [6, 6.07) is 0.878. The highest BCUT2D eigenvalue weighted by Crippen LogP contribution is 2.24. The van der Waals surface area contributed by atoms with Crippen LogP contribution in [0.15, 0.2) is 0 Å². The minimum atomic E-state index is -0.741. The second-order valence-electron chi connectivity index (χ2n) is 8.31. The zero-order chi connectivity index (χ0) is 19.4. The highest BCUT2D eigenvalue weighted by Gasteiger charge is 2.38. The van der Waals surface area contributed by atoms with Crippen molar-refractivity contribution >= 4 is 12.1 Å². The molecule has 3 aliphatic rings. The molecule has 1 N–H and O–H groups in total. The number of piperazine rings is 1. The number of piperidine rings is 1. The van der Waals surface area contributed by atoms with Gasteiger partial charge in [-0.3, -0.25) is 9.69 Å². The predicted octanol–water partition coefficient (Wildman–Crippen LogP) is 0.772. The van der Waals surface area contributed by atoms with Crippen molar-refractivity contribution in [1.82, 2.24) is 19.6 Å². The SMILES string of the molecule is CC(C)N1CCC(N2CC(CN3CCN(CCC(=O)O)CC3)OC2=O)CC1. The van der Waals surface area contributed by atoms with Crippen LogP contribution in [0.1, 0.15) is 33.1 Å². The van der Waals surface area contributed by atoms with Crippen molar-refractivity contribution in [2.24, 2.45) is 0 Å². The Bertz CT molecular complexity index is 514. The third-order valence-corrected chi connectivity index (χ3v) is 6.14. The lowest BCUT2D eigenvalue weighted by Crippen LogP contribution is -2.50. The maximum absolute atomic E-state index is 12.3. The molecule has 0 bridgehead atoms. The van der Waals surface area contributed by atoms with E-state index in [1.165, 1.54) is 0 Å². The summed E-state index contributed by atoms with van der Waals surface area (Å²) < 4.78 is 5.65. The van der Waals surface area contributed by atoms with Crippen LogP contribution < -0.4 is 0 Å². The number of carboxylic acids is 1. The summed E-state index contributed by atoms with van der Waals surface area (Å²) in [5.41, 5.74) is 0.